The topological polar surface area (TPSA) is 215 Å². The summed E-state index contributed by atoms with van der Waals surface area (Å²) in [5.74, 6) is -2.19. The smallest absolute Gasteiger partial charge is 0.246 e. The van der Waals surface area contributed by atoms with E-state index in [1.54, 1.807) is 20.8 Å². The molecule has 2 heterocycles. The highest BCUT2D eigenvalue weighted by molar-refractivity contribution is 5.94. The van der Waals surface area contributed by atoms with Crippen LogP contribution in [0.2, 0.25) is 0 Å². The number of ether oxygens (including phenoxy) is 2. The van der Waals surface area contributed by atoms with Gasteiger partial charge < -0.3 is 51.5 Å². The van der Waals surface area contributed by atoms with E-state index in [1.165, 1.54) is 15.4 Å². The van der Waals surface area contributed by atoms with Crippen molar-refractivity contribution < 1.29 is 38.2 Å². The first-order valence-electron chi connectivity index (χ1n) is 18.2. The van der Waals surface area contributed by atoms with Crippen molar-refractivity contribution in [2.45, 2.75) is 116 Å². The maximum absolute atomic E-state index is 14.1. The zero-order valence-corrected chi connectivity index (χ0v) is 31.6. The molecule has 1 aromatic rings. The summed E-state index contributed by atoms with van der Waals surface area (Å²) in [4.78, 5) is 80.8. The van der Waals surface area contributed by atoms with Gasteiger partial charge in [-0.3, -0.25) is 24.0 Å². The number of hydrogen-bond acceptors (Lipinski definition) is 10. The van der Waals surface area contributed by atoms with Crippen LogP contribution in [0, 0.1) is 23.0 Å². The molecule has 0 aromatic heterocycles. The van der Waals surface area contributed by atoms with Gasteiger partial charge in [0, 0.05) is 12.8 Å². The molecule has 2 aliphatic heterocycles. The first-order chi connectivity index (χ1) is 25.0. The molecule has 1 aromatic carbocycles. The number of likely N-dealkylation sites (tertiary alicyclic amines) is 2. The van der Waals surface area contributed by atoms with E-state index in [4.69, 9.17) is 20.9 Å². The van der Waals surface area contributed by atoms with Crippen molar-refractivity contribution in [1.82, 2.24) is 25.8 Å². The summed E-state index contributed by atoms with van der Waals surface area (Å²) in [5.41, 5.74) is 11.9. The van der Waals surface area contributed by atoms with Gasteiger partial charge >= 0.3 is 0 Å². The predicted octanol–water partition coefficient (Wildman–Crippen LogP) is 0.249. The Labute approximate surface area is 311 Å². The zero-order valence-electron chi connectivity index (χ0n) is 31.6. The number of aldehydes is 1. The standard InChI is InChI=1S/C38H55N7O8/c1-37(2,3)32(42-30(47)18-39)35(50)44-20-25(16-24(44)22-46)52-14-15-53-26-17-29(34(49)41-28-13-9-11-23-10-7-8-12-27(23)28)45(21-26)36(51)33(38(4,5)6)43-31(48)19-40/h7-8,10,12,22,24-26,28-29,32-33H,9,11,13,16-21,39-40H2,1-6H3,(H,41,49)(H,42,47)(H,43,48). The summed E-state index contributed by atoms with van der Waals surface area (Å²) in [6.07, 6.45) is 7.36. The van der Waals surface area contributed by atoms with Crippen LogP contribution in [0.4, 0.5) is 0 Å². The highest BCUT2D eigenvalue weighted by atomic mass is 16.5. The molecular weight excluding hydrogens is 682 g/mol. The number of nitrogens with two attached hydrogens (primary N) is 2. The van der Waals surface area contributed by atoms with E-state index in [0.29, 0.717) is 6.29 Å². The van der Waals surface area contributed by atoms with Crippen LogP contribution >= 0.6 is 0 Å². The Morgan fingerprint density at radius 3 is 1.92 bits per heavy atom. The highest BCUT2D eigenvalue weighted by Gasteiger charge is 2.46. The Bertz CT molecular complexity index is 1590. The molecule has 15 nitrogen and oxygen atoms in total. The molecule has 0 saturated carbocycles. The first kappa shape index (κ1) is 41.1. The van der Waals surface area contributed by atoms with Gasteiger partial charge in [0.1, 0.15) is 36.6 Å². The maximum Gasteiger partial charge on any atom is 0.246 e. The van der Waals surface area contributed by atoms with Gasteiger partial charge in [0.2, 0.25) is 29.5 Å². The van der Waals surface area contributed by atoms with Gasteiger partial charge in [0.15, 0.2) is 12.2 Å². The summed E-state index contributed by atoms with van der Waals surface area (Å²) in [7, 11) is 0. The second-order valence-electron chi connectivity index (χ2n) is 16.1. The summed E-state index contributed by atoms with van der Waals surface area (Å²) >= 11 is 0. The van der Waals surface area contributed by atoms with Crippen LogP contribution in [0.5, 0.6) is 0 Å². The van der Waals surface area contributed by atoms with Crippen molar-refractivity contribution in [2.75, 3.05) is 26.2 Å². The van der Waals surface area contributed by atoms with Gasteiger partial charge in [0.25, 0.3) is 0 Å². The number of benzene rings is 1. The number of aryl methyl sites for hydroxylation is 1. The number of fused-ring (bicyclic) bond motifs is 1. The average molecular weight is 738 g/mol. The van der Waals surface area contributed by atoms with Crippen LogP contribution < -0.4 is 27.4 Å². The highest BCUT2D eigenvalue weighted by Crippen LogP contribution is 2.32. The molecule has 1 aliphatic carbocycles. The number of amides is 5. The molecule has 7 N–H and O–H groups in total. The second-order valence-corrected chi connectivity index (χ2v) is 16.1. The molecule has 53 heavy (non-hydrogen) atoms. The minimum absolute atomic E-state index is 0.0273. The van der Waals surface area contributed by atoms with Crippen molar-refractivity contribution in [3.8, 4) is 12.2 Å². The summed E-state index contributed by atoms with van der Waals surface area (Å²) in [6.45, 7) is 10.4. The Morgan fingerprint density at radius 2 is 1.38 bits per heavy atom. The third kappa shape index (κ3) is 10.3. The molecule has 2 saturated heterocycles. The van der Waals surface area contributed by atoms with Crippen LogP contribution in [0.1, 0.15) is 84.4 Å². The molecule has 290 valence electrons. The van der Waals surface area contributed by atoms with Crippen molar-refractivity contribution in [3.63, 3.8) is 0 Å². The normalized spacial score (nSPS) is 23.7. The van der Waals surface area contributed by atoms with E-state index in [2.05, 4.69) is 34.2 Å². The Morgan fingerprint density at radius 1 is 0.849 bits per heavy atom. The summed E-state index contributed by atoms with van der Waals surface area (Å²) in [6, 6.07) is 4.22. The average Bonchev–Trinajstić information content (AvgIpc) is 3.74. The zero-order chi connectivity index (χ0) is 39.1. The number of rotatable bonds is 11. The van der Waals surface area contributed by atoms with E-state index in [1.807, 2.05) is 39.0 Å². The second kappa shape index (κ2) is 17.4. The molecule has 4 rings (SSSR count). The fourth-order valence-electron chi connectivity index (χ4n) is 7.12. The first-order valence-corrected chi connectivity index (χ1v) is 18.2. The lowest BCUT2D eigenvalue weighted by Crippen LogP contribution is -2.58. The molecule has 7 unspecified atom stereocenters. The monoisotopic (exact) mass is 737 g/mol. The van der Waals surface area contributed by atoms with Gasteiger partial charge in [-0.2, -0.15) is 0 Å². The third-order valence-electron chi connectivity index (χ3n) is 9.98. The van der Waals surface area contributed by atoms with Crippen molar-refractivity contribution in [3.05, 3.63) is 35.4 Å². The van der Waals surface area contributed by atoms with Crippen LogP contribution in [0.25, 0.3) is 0 Å². The van der Waals surface area contributed by atoms with Crippen LogP contribution in [0.3, 0.4) is 0 Å². The minimum Gasteiger partial charge on any atom is -0.439 e. The van der Waals surface area contributed by atoms with E-state index in [-0.39, 0.29) is 51.0 Å². The molecule has 7 atom stereocenters. The van der Waals surface area contributed by atoms with E-state index < -0.39 is 70.8 Å². The lowest BCUT2D eigenvalue weighted by molar-refractivity contribution is -0.144. The quantitative estimate of drug-likeness (QED) is 0.154. The summed E-state index contributed by atoms with van der Waals surface area (Å²) < 4.78 is 11.5. The minimum atomic E-state index is -0.960. The SMILES string of the molecule is CC(C)(C)C(NC(=O)CN)C(=O)N1CC(OC#COC2CC(C(=O)NC3CCCc4ccccc43)N(C(=O)C(NC(=O)CN)C(C)(C)C)C2)CC1C=O. The molecule has 5 amide bonds. The number of carbonyl (C=O) groups excluding carboxylic acids is 6. The van der Waals surface area contributed by atoms with Gasteiger partial charge in [-0.05, 0) is 41.2 Å². The fourth-order valence-corrected chi connectivity index (χ4v) is 7.12. The maximum atomic E-state index is 14.1. The number of nitrogens with zero attached hydrogens (tertiary/aromatic N) is 2. The lowest BCUT2D eigenvalue weighted by Gasteiger charge is -2.36. The van der Waals surface area contributed by atoms with E-state index in [0.717, 1.165) is 24.8 Å². The van der Waals surface area contributed by atoms with Crippen molar-refractivity contribution in [2.24, 2.45) is 22.3 Å². The Kier molecular flexibility index (Phi) is 13.5. The predicted molar refractivity (Wildman–Crippen MR) is 195 cm³/mol. The molecule has 3 aliphatic rings. The molecule has 0 bridgehead atoms. The fraction of sp³-hybridized carbons (Fsp3) is 0.632. The van der Waals surface area contributed by atoms with Gasteiger partial charge in [-0.15, -0.1) is 0 Å². The lowest BCUT2D eigenvalue weighted by atomic mass is 9.85. The largest absolute Gasteiger partial charge is 0.439 e. The molecule has 0 spiro atoms. The molecular formula is C38H55N7O8. The van der Waals surface area contributed by atoms with Crippen LogP contribution in [0.15, 0.2) is 24.3 Å². The van der Waals surface area contributed by atoms with E-state index >= 15 is 0 Å². The number of nitrogens with one attached hydrogen (secondary N) is 3. The van der Waals surface area contributed by atoms with Crippen LogP contribution in [-0.2, 0) is 44.7 Å². The van der Waals surface area contributed by atoms with Crippen molar-refractivity contribution >= 4 is 35.8 Å². The van der Waals surface area contributed by atoms with E-state index in [9.17, 15) is 28.8 Å². The van der Waals surface area contributed by atoms with Gasteiger partial charge in [0.05, 0.1) is 38.3 Å². The molecule has 2 fully saturated rings. The molecule has 15 heteroatoms. The number of hydrogen-bond donors (Lipinski definition) is 5. The Balaban J connectivity index is 1.47. The molecule has 0 radical (unpaired) electrons. The van der Waals surface area contributed by atoms with Crippen molar-refractivity contribution in [1.29, 1.82) is 0 Å². The van der Waals surface area contributed by atoms with Gasteiger partial charge in [-0.25, -0.2) is 0 Å². The number of carbonyl (C=O) groups is 6. The van der Waals surface area contributed by atoms with Gasteiger partial charge in [-0.1, -0.05) is 65.8 Å². The Hall–Kier alpha value is -4.68. The summed E-state index contributed by atoms with van der Waals surface area (Å²) in [5, 5.41) is 8.55. The third-order valence-corrected chi connectivity index (χ3v) is 9.98. The van der Waals surface area contributed by atoms with Crippen LogP contribution in [-0.4, -0.2) is 108 Å².